The second-order valence-corrected chi connectivity index (χ2v) is 5.10. The molecule has 3 aliphatic rings. The van der Waals surface area contributed by atoms with Crippen LogP contribution < -0.4 is 0 Å². The molecule has 3 fully saturated rings. The molecule has 1 aromatic rings. The fourth-order valence-corrected chi connectivity index (χ4v) is 2.07. The highest BCUT2D eigenvalue weighted by Crippen LogP contribution is 2.43. The zero-order valence-corrected chi connectivity index (χ0v) is 9.66. The third-order valence-corrected chi connectivity index (χ3v) is 3.24. The van der Waals surface area contributed by atoms with E-state index in [2.05, 4.69) is 13.8 Å². The molecule has 3 heteroatoms. The van der Waals surface area contributed by atoms with E-state index < -0.39 is 5.97 Å². The Morgan fingerprint density at radius 2 is 1.44 bits per heavy atom. The molecule has 4 rings (SSSR count). The summed E-state index contributed by atoms with van der Waals surface area (Å²) in [6.07, 6.45) is 0. The van der Waals surface area contributed by atoms with Crippen LogP contribution >= 0.6 is 0 Å². The molecule has 86 valence electrons. The second kappa shape index (κ2) is 3.29. The highest BCUT2D eigenvalue weighted by Gasteiger charge is 2.51. The Balaban J connectivity index is 1.92. The smallest absolute Gasteiger partial charge is 0.312 e. The minimum Gasteiger partial charge on any atom is -0.323 e. The van der Waals surface area contributed by atoms with Crippen molar-refractivity contribution in [1.29, 1.82) is 0 Å². The summed E-state index contributed by atoms with van der Waals surface area (Å²) >= 11 is 0. The number of hydrogen-bond acceptors (Lipinski definition) is 3. The molecule has 0 radical (unpaired) electrons. The Hall–Kier alpha value is -0.900. The van der Waals surface area contributed by atoms with Gasteiger partial charge in [-0.15, -0.1) is 0 Å². The molecule has 0 N–H and O–H groups in total. The molecule has 3 saturated heterocycles. The summed E-state index contributed by atoms with van der Waals surface area (Å²) in [4.78, 5) is 0. The lowest BCUT2D eigenvalue weighted by Gasteiger charge is -2.50. The van der Waals surface area contributed by atoms with Crippen LogP contribution in [0.3, 0.4) is 0 Å². The van der Waals surface area contributed by atoms with E-state index >= 15 is 0 Å². The van der Waals surface area contributed by atoms with Gasteiger partial charge >= 0.3 is 5.97 Å². The van der Waals surface area contributed by atoms with Gasteiger partial charge in [-0.1, -0.05) is 36.8 Å². The number of benzene rings is 1. The molecule has 3 nitrogen and oxygen atoms in total. The quantitative estimate of drug-likeness (QED) is 0.726. The average Bonchev–Trinajstić information content (AvgIpc) is 2.31. The van der Waals surface area contributed by atoms with E-state index in [1.54, 1.807) is 0 Å². The molecule has 3 heterocycles. The van der Waals surface area contributed by atoms with Crippen molar-refractivity contribution < 1.29 is 14.2 Å². The van der Waals surface area contributed by atoms with Gasteiger partial charge in [0.1, 0.15) is 0 Å². The normalized spacial score (nSPS) is 37.6. The third kappa shape index (κ3) is 1.47. The third-order valence-electron chi connectivity index (χ3n) is 3.24. The SMILES string of the molecule is Cc1ccc(C23OCC(C)(CO2)CO3)cc1. The Morgan fingerprint density at radius 1 is 0.938 bits per heavy atom. The summed E-state index contributed by atoms with van der Waals surface area (Å²) in [5.41, 5.74) is 2.18. The largest absolute Gasteiger partial charge is 0.323 e. The van der Waals surface area contributed by atoms with Gasteiger partial charge in [0.25, 0.3) is 0 Å². The standard InChI is InChI=1S/C13H16O3/c1-10-3-5-11(6-4-10)13-14-7-12(2,8-15-13)9-16-13/h3-6H,7-9H2,1-2H3. The first-order chi connectivity index (χ1) is 7.62. The first-order valence-corrected chi connectivity index (χ1v) is 5.61. The summed E-state index contributed by atoms with van der Waals surface area (Å²) in [6, 6.07) is 8.10. The number of aryl methyl sites for hydroxylation is 1. The van der Waals surface area contributed by atoms with Crippen LogP contribution in [-0.4, -0.2) is 19.8 Å². The van der Waals surface area contributed by atoms with Gasteiger partial charge in [0, 0.05) is 11.0 Å². The van der Waals surface area contributed by atoms with E-state index in [4.69, 9.17) is 14.2 Å². The van der Waals surface area contributed by atoms with Crippen molar-refractivity contribution in [3.8, 4) is 0 Å². The van der Waals surface area contributed by atoms with E-state index in [-0.39, 0.29) is 5.41 Å². The maximum Gasteiger partial charge on any atom is 0.312 e. The topological polar surface area (TPSA) is 27.7 Å². The first kappa shape index (κ1) is 10.3. The molecule has 0 aliphatic carbocycles. The lowest BCUT2D eigenvalue weighted by Crippen LogP contribution is -2.57. The number of rotatable bonds is 1. The number of fused-ring (bicyclic) bond motifs is 3. The summed E-state index contributed by atoms with van der Waals surface area (Å²) < 4.78 is 17.2. The summed E-state index contributed by atoms with van der Waals surface area (Å²) in [6.45, 7) is 6.26. The van der Waals surface area contributed by atoms with E-state index in [1.165, 1.54) is 5.56 Å². The Labute approximate surface area is 95.3 Å². The van der Waals surface area contributed by atoms with Crippen LogP contribution in [0.5, 0.6) is 0 Å². The van der Waals surface area contributed by atoms with Crippen molar-refractivity contribution >= 4 is 0 Å². The summed E-state index contributed by atoms with van der Waals surface area (Å²) in [5, 5.41) is 0. The van der Waals surface area contributed by atoms with Crippen molar-refractivity contribution in [2.75, 3.05) is 19.8 Å². The van der Waals surface area contributed by atoms with Gasteiger partial charge in [0.2, 0.25) is 0 Å². The van der Waals surface area contributed by atoms with E-state index in [9.17, 15) is 0 Å². The molecule has 3 aliphatic heterocycles. The van der Waals surface area contributed by atoms with Gasteiger partial charge in [0.05, 0.1) is 19.8 Å². The molecular weight excluding hydrogens is 204 g/mol. The Morgan fingerprint density at radius 3 is 1.94 bits per heavy atom. The molecule has 0 amide bonds. The van der Waals surface area contributed by atoms with Crippen molar-refractivity contribution in [2.45, 2.75) is 19.8 Å². The van der Waals surface area contributed by atoms with Crippen LogP contribution in [0.15, 0.2) is 24.3 Å². The van der Waals surface area contributed by atoms with Gasteiger partial charge in [-0.2, -0.15) is 0 Å². The van der Waals surface area contributed by atoms with Gasteiger partial charge in [0.15, 0.2) is 0 Å². The predicted octanol–water partition coefficient (Wildman–Crippen LogP) is 2.19. The van der Waals surface area contributed by atoms with Gasteiger partial charge in [-0.05, 0) is 6.92 Å². The van der Waals surface area contributed by atoms with Crippen LogP contribution in [0.1, 0.15) is 18.1 Å². The molecule has 0 spiro atoms. The van der Waals surface area contributed by atoms with Gasteiger partial charge in [-0.3, -0.25) is 0 Å². The van der Waals surface area contributed by atoms with E-state index in [0.29, 0.717) is 19.8 Å². The van der Waals surface area contributed by atoms with Crippen LogP contribution in [0, 0.1) is 12.3 Å². The summed E-state index contributed by atoms with van der Waals surface area (Å²) in [7, 11) is 0. The Bertz CT molecular complexity index is 372. The van der Waals surface area contributed by atoms with Crippen molar-refractivity contribution in [2.24, 2.45) is 5.41 Å². The molecule has 0 atom stereocenters. The predicted molar refractivity (Wildman–Crippen MR) is 58.8 cm³/mol. The molecule has 0 saturated carbocycles. The summed E-state index contributed by atoms with van der Waals surface area (Å²) in [5.74, 6) is -0.953. The molecule has 0 unspecified atom stereocenters. The monoisotopic (exact) mass is 220 g/mol. The highest BCUT2D eigenvalue weighted by atomic mass is 16.9. The molecule has 1 aromatic carbocycles. The molecule has 0 aromatic heterocycles. The van der Waals surface area contributed by atoms with Crippen LogP contribution in [0.25, 0.3) is 0 Å². The first-order valence-electron chi connectivity index (χ1n) is 5.61. The fraction of sp³-hybridized carbons (Fsp3) is 0.538. The van der Waals surface area contributed by atoms with Crippen molar-refractivity contribution in [3.05, 3.63) is 35.4 Å². The number of hydrogen-bond donors (Lipinski definition) is 0. The number of ether oxygens (including phenoxy) is 3. The zero-order valence-electron chi connectivity index (χ0n) is 9.66. The van der Waals surface area contributed by atoms with E-state index in [0.717, 1.165) is 5.56 Å². The molecular formula is C13H16O3. The van der Waals surface area contributed by atoms with Crippen molar-refractivity contribution in [1.82, 2.24) is 0 Å². The zero-order chi connectivity index (χ0) is 11.2. The maximum atomic E-state index is 5.75. The molecule has 2 bridgehead atoms. The minimum absolute atomic E-state index is 0.0203. The van der Waals surface area contributed by atoms with Gasteiger partial charge < -0.3 is 14.2 Å². The van der Waals surface area contributed by atoms with Crippen LogP contribution in [0.4, 0.5) is 0 Å². The second-order valence-electron chi connectivity index (χ2n) is 5.10. The Kier molecular flexibility index (Phi) is 2.11. The van der Waals surface area contributed by atoms with Crippen molar-refractivity contribution in [3.63, 3.8) is 0 Å². The fourth-order valence-electron chi connectivity index (χ4n) is 2.07. The lowest BCUT2D eigenvalue weighted by atomic mass is 9.91. The average molecular weight is 220 g/mol. The minimum atomic E-state index is -0.953. The van der Waals surface area contributed by atoms with Crippen LogP contribution in [-0.2, 0) is 20.2 Å². The maximum absolute atomic E-state index is 5.75. The highest BCUT2D eigenvalue weighted by molar-refractivity contribution is 5.24. The van der Waals surface area contributed by atoms with Crippen LogP contribution in [0.2, 0.25) is 0 Å². The van der Waals surface area contributed by atoms with E-state index in [1.807, 2.05) is 24.3 Å². The lowest BCUT2D eigenvalue weighted by molar-refractivity contribution is -0.477. The van der Waals surface area contributed by atoms with Gasteiger partial charge in [-0.25, -0.2) is 0 Å². The molecule has 16 heavy (non-hydrogen) atoms.